The van der Waals surface area contributed by atoms with Crippen molar-refractivity contribution in [2.45, 2.75) is 0 Å². The first-order valence-corrected chi connectivity index (χ1v) is 7.41. The SMILES string of the molecule is O=C(NNC(=O)c1csc(N2CCOCC2)n1)c1ccon1. The smallest absolute Gasteiger partial charge is 0.291 e. The third kappa shape index (κ3) is 3.23. The van der Waals surface area contributed by atoms with Gasteiger partial charge in [-0.3, -0.25) is 20.4 Å². The Morgan fingerprint density at radius 2 is 1.91 bits per heavy atom. The Morgan fingerprint density at radius 3 is 2.59 bits per heavy atom. The molecular formula is C12H13N5O4S. The molecule has 2 aromatic heterocycles. The number of aromatic nitrogens is 2. The number of anilines is 1. The van der Waals surface area contributed by atoms with Gasteiger partial charge in [0.1, 0.15) is 12.0 Å². The van der Waals surface area contributed by atoms with Crippen LogP contribution in [0.5, 0.6) is 0 Å². The minimum absolute atomic E-state index is 0.0765. The molecule has 10 heteroatoms. The second-order valence-electron chi connectivity index (χ2n) is 4.41. The van der Waals surface area contributed by atoms with Crippen LogP contribution in [0.2, 0.25) is 0 Å². The molecule has 2 N–H and O–H groups in total. The van der Waals surface area contributed by atoms with Gasteiger partial charge in [0.05, 0.1) is 13.2 Å². The summed E-state index contributed by atoms with van der Waals surface area (Å²) in [4.78, 5) is 29.9. The van der Waals surface area contributed by atoms with Crippen molar-refractivity contribution in [2.24, 2.45) is 0 Å². The van der Waals surface area contributed by atoms with Gasteiger partial charge in [-0.25, -0.2) is 4.98 Å². The summed E-state index contributed by atoms with van der Waals surface area (Å²) in [5.74, 6) is -1.06. The summed E-state index contributed by atoms with van der Waals surface area (Å²) in [6.07, 6.45) is 1.27. The molecule has 9 nitrogen and oxygen atoms in total. The number of carbonyl (C=O) groups excluding carboxylic acids is 2. The van der Waals surface area contributed by atoms with Gasteiger partial charge in [-0.15, -0.1) is 11.3 Å². The van der Waals surface area contributed by atoms with Crippen LogP contribution in [0.1, 0.15) is 21.0 Å². The summed E-state index contributed by atoms with van der Waals surface area (Å²) < 4.78 is 9.82. The molecule has 0 unspecified atom stereocenters. The van der Waals surface area contributed by atoms with E-state index in [1.54, 1.807) is 5.38 Å². The first-order chi connectivity index (χ1) is 10.7. The minimum Gasteiger partial charge on any atom is -0.378 e. The zero-order valence-corrected chi connectivity index (χ0v) is 12.3. The topological polar surface area (TPSA) is 110 Å². The molecule has 1 aliphatic heterocycles. The third-order valence-electron chi connectivity index (χ3n) is 2.97. The van der Waals surface area contributed by atoms with E-state index >= 15 is 0 Å². The number of hydrogen-bond donors (Lipinski definition) is 2. The maximum Gasteiger partial charge on any atom is 0.291 e. The fourth-order valence-corrected chi connectivity index (χ4v) is 2.70. The zero-order valence-electron chi connectivity index (χ0n) is 11.4. The first-order valence-electron chi connectivity index (χ1n) is 6.53. The fraction of sp³-hybridized carbons (Fsp3) is 0.333. The molecule has 1 saturated heterocycles. The molecule has 3 rings (SSSR count). The molecule has 1 aliphatic rings. The van der Waals surface area contributed by atoms with Crippen molar-refractivity contribution < 1.29 is 18.8 Å². The van der Waals surface area contributed by atoms with Gasteiger partial charge < -0.3 is 14.2 Å². The zero-order chi connectivity index (χ0) is 15.4. The molecule has 0 aliphatic carbocycles. The lowest BCUT2D eigenvalue weighted by Crippen LogP contribution is -2.42. The number of rotatable bonds is 3. The number of nitrogens with one attached hydrogen (secondary N) is 2. The van der Waals surface area contributed by atoms with Crippen LogP contribution in [0.3, 0.4) is 0 Å². The van der Waals surface area contributed by atoms with Crippen molar-refractivity contribution in [1.29, 1.82) is 0 Å². The highest BCUT2D eigenvalue weighted by Crippen LogP contribution is 2.21. The highest BCUT2D eigenvalue weighted by Gasteiger charge is 2.18. The third-order valence-corrected chi connectivity index (χ3v) is 3.87. The number of morpholine rings is 1. The molecule has 0 spiro atoms. The highest BCUT2D eigenvalue weighted by atomic mass is 32.1. The molecule has 2 amide bonds. The van der Waals surface area contributed by atoms with E-state index in [1.807, 2.05) is 0 Å². The average Bonchev–Trinajstić information content (AvgIpc) is 3.24. The van der Waals surface area contributed by atoms with Crippen LogP contribution in [-0.4, -0.2) is 48.3 Å². The van der Waals surface area contributed by atoms with Gasteiger partial charge in [0.15, 0.2) is 10.8 Å². The Bertz CT molecular complexity index is 650. The second-order valence-corrected chi connectivity index (χ2v) is 5.24. The largest absolute Gasteiger partial charge is 0.378 e. The Balaban J connectivity index is 1.56. The minimum atomic E-state index is -0.564. The lowest BCUT2D eigenvalue weighted by Gasteiger charge is -2.25. The van der Waals surface area contributed by atoms with Crippen molar-refractivity contribution in [2.75, 3.05) is 31.2 Å². The normalized spacial score (nSPS) is 14.6. The second kappa shape index (κ2) is 6.54. The summed E-state index contributed by atoms with van der Waals surface area (Å²) in [6.45, 7) is 2.79. The maximum atomic E-state index is 11.9. The van der Waals surface area contributed by atoms with Crippen LogP contribution in [0.15, 0.2) is 22.2 Å². The number of hydrazine groups is 1. The summed E-state index contributed by atoms with van der Waals surface area (Å²) in [7, 11) is 0. The Labute approximate surface area is 129 Å². The predicted molar refractivity (Wildman–Crippen MR) is 76.6 cm³/mol. The first kappa shape index (κ1) is 14.5. The molecule has 116 valence electrons. The number of ether oxygens (including phenoxy) is 1. The lowest BCUT2D eigenvalue weighted by atomic mass is 10.4. The number of carbonyl (C=O) groups is 2. The van der Waals surface area contributed by atoms with E-state index in [4.69, 9.17) is 4.74 Å². The van der Waals surface area contributed by atoms with Gasteiger partial charge >= 0.3 is 0 Å². The van der Waals surface area contributed by atoms with E-state index < -0.39 is 11.8 Å². The molecule has 22 heavy (non-hydrogen) atoms. The van der Waals surface area contributed by atoms with Crippen molar-refractivity contribution >= 4 is 28.3 Å². The van der Waals surface area contributed by atoms with Crippen LogP contribution in [-0.2, 0) is 4.74 Å². The Morgan fingerprint density at radius 1 is 1.18 bits per heavy atom. The number of hydrogen-bond acceptors (Lipinski definition) is 8. The van der Waals surface area contributed by atoms with Gasteiger partial charge in [-0.2, -0.15) is 0 Å². The summed E-state index contributed by atoms with van der Waals surface area (Å²) in [5, 5.41) is 5.86. The molecule has 0 saturated carbocycles. The fourth-order valence-electron chi connectivity index (χ4n) is 1.84. The molecule has 0 bridgehead atoms. The number of thiazole rings is 1. The monoisotopic (exact) mass is 323 g/mol. The van der Waals surface area contributed by atoms with Crippen LogP contribution in [0.25, 0.3) is 0 Å². The van der Waals surface area contributed by atoms with E-state index in [-0.39, 0.29) is 11.4 Å². The molecule has 0 radical (unpaired) electrons. The molecule has 1 fully saturated rings. The van der Waals surface area contributed by atoms with E-state index in [1.165, 1.54) is 23.7 Å². The van der Waals surface area contributed by atoms with Gasteiger partial charge in [0.2, 0.25) is 0 Å². The quantitative estimate of drug-likeness (QED) is 0.768. The average molecular weight is 323 g/mol. The van der Waals surface area contributed by atoms with Crippen LogP contribution in [0.4, 0.5) is 5.13 Å². The number of amides is 2. The standard InChI is InChI=1S/C12H13N5O4S/c18-10(8-1-4-21-16-8)14-15-11(19)9-7-22-12(13-9)17-2-5-20-6-3-17/h1,4,7H,2-3,5-6H2,(H,14,18)(H,15,19). The predicted octanol–water partition coefficient (Wildman–Crippen LogP) is 0.0425. The molecule has 0 atom stereocenters. The van der Waals surface area contributed by atoms with Crippen LogP contribution in [0, 0.1) is 0 Å². The molecular weight excluding hydrogens is 310 g/mol. The summed E-state index contributed by atoms with van der Waals surface area (Å²) in [5.41, 5.74) is 4.85. The molecule has 0 aromatic carbocycles. The Hall–Kier alpha value is -2.46. The van der Waals surface area contributed by atoms with Crippen molar-refractivity contribution in [3.63, 3.8) is 0 Å². The van der Waals surface area contributed by atoms with E-state index in [0.717, 1.165) is 18.2 Å². The van der Waals surface area contributed by atoms with Gasteiger partial charge in [-0.05, 0) is 0 Å². The molecule has 2 aromatic rings. The highest BCUT2D eigenvalue weighted by molar-refractivity contribution is 7.13. The van der Waals surface area contributed by atoms with Gasteiger partial charge in [0.25, 0.3) is 11.8 Å². The Kier molecular flexibility index (Phi) is 4.30. The van der Waals surface area contributed by atoms with Crippen molar-refractivity contribution in [3.8, 4) is 0 Å². The van der Waals surface area contributed by atoms with E-state index in [0.29, 0.717) is 13.2 Å². The van der Waals surface area contributed by atoms with Crippen molar-refractivity contribution in [3.05, 3.63) is 29.1 Å². The lowest BCUT2D eigenvalue weighted by molar-refractivity contribution is 0.0839. The van der Waals surface area contributed by atoms with Crippen LogP contribution >= 0.6 is 11.3 Å². The van der Waals surface area contributed by atoms with Crippen LogP contribution < -0.4 is 15.8 Å². The summed E-state index contributed by atoms with van der Waals surface area (Å²) >= 11 is 1.37. The van der Waals surface area contributed by atoms with E-state index in [9.17, 15) is 9.59 Å². The maximum absolute atomic E-state index is 11.9. The van der Waals surface area contributed by atoms with Gasteiger partial charge in [0, 0.05) is 24.5 Å². The number of nitrogens with zero attached hydrogens (tertiary/aromatic N) is 3. The van der Waals surface area contributed by atoms with E-state index in [2.05, 4.69) is 30.4 Å². The van der Waals surface area contributed by atoms with Gasteiger partial charge in [-0.1, -0.05) is 5.16 Å². The summed E-state index contributed by atoms with van der Waals surface area (Å²) in [6, 6.07) is 1.39. The van der Waals surface area contributed by atoms with Crippen molar-refractivity contribution in [1.82, 2.24) is 21.0 Å². The molecule has 3 heterocycles.